The molecule has 2 heterocycles. The summed E-state index contributed by atoms with van der Waals surface area (Å²) in [5, 5.41) is 6.80. The van der Waals surface area contributed by atoms with Crippen molar-refractivity contribution < 1.29 is 14.1 Å². The van der Waals surface area contributed by atoms with Gasteiger partial charge in [0.2, 0.25) is 5.82 Å². The quantitative estimate of drug-likeness (QED) is 0.911. The normalized spacial score (nSPS) is 17.7. The number of hydrogen-bond acceptors (Lipinski definition) is 5. The number of nitrogens with one attached hydrogen (secondary N) is 1. The molecule has 1 aromatic carbocycles. The maximum absolute atomic E-state index is 11.9. The van der Waals surface area contributed by atoms with Gasteiger partial charge in [-0.15, -0.1) is 0 Å². The molecular formula is C17H22N4O3. The van der Waals surface area contributed by atoms with Gasteiger partial charge in [0.1, 0.15) is 6.61 Å². The van der Waals surface area contributed by atoms with Crippen molar-refractivity contribution in [2.24, 2.45) is 0 Å². The van der Waals surface area contributed by atoms with Crippen LogP contribution in [-0.4, -0.2) is 46.8 Å². The first-order valence-electron chi connectivity index (χ1n) is 8.28. The number of carbonyl (C=O) groups excluding carboxylic acids is 1. The van der Waals surface area contributed by atoms with E-state index in [1.54, 1.807) is 4.90 Å². The molecule has 1 N–H and O–H groups in total. The van der Waals surface area contributed by atoms with E-state index in [4.69, 9.17) is 9.26 Å². The first kappa shape index (κ1) is 16.4. The number of aromatic nitrogens is 2. The Hall–Kier alpha value is -2.41. The fourth-order valence-electron chi connectivity index (χ4n) is 2.73. The molecule has 0 radical (unpaired) electrons. The monoisotopic (exact) mass is 330 g/mol. The van der Waals surface area contributed by atoms with Gasteiger partial charge >= 0.3 is 6.03 Å². The summed E-state index contributed by atoms with van der Waals surface area (Å²) in [5.74, 6) is 1.01. The summed E-state index contributed by atoms with van der Waals surface area (Å²) in [5.41, 5.74) is 0.910. The van der Waals surface area contributed by atoms with E-state index in [-0.39, 0.29) is 18.7 Å². The highest BCUT2D eigenvalue weighted by Crippen LogP contribution is 2.17. The van der Waals surface area contributed by atoms with E-state index >= 15 is 0 Å². The van der Waals surface area contributed by atoms with Crippen molar-refractivity contribution in [1.82, 2.24) is 20.4 Å². The van der Waals surface area contributed by atoms with Crippen molar-refractivity contribution in [3.63, 3.8) is 0 Å². The zero-order valence-corrected chi connectivity index (χ0v) is 13.8. The minimum Gasteiger partial charge on any atom is -0.367 e. The lowest BCUT2D eigenvalue weighted by atomic mass is 10.1. The van der Waals surface area contributed by atoms with E-state index in [1.807, 2.05) is 37.3 Å². The van der Waals surface area contributed by atoms with E-state index in [0.29, 0.717) is 24.8 Å². The third kappa shape index (κ3) is 4.11. The number of rotatable bonds is 5. The molecule has 1 saturated heterocycles. The van der Waals surface area contributed by atoms with Crippen LogP contribution in [0.5, 0.6) is 0 Å². The molecule has 1 fully saturated rings. The summed E-state index contributed by atoms with van der Waals surface area (Å²) in [6, 6.07) is 9.63. The molecule has 7 nitrogen and oxygen atoms in total. The number of piperidine rings is 1. The van der Waals surface area contributed by atoms with Gasteiger partial charge < -0.3 is 19.5 Å². The highest BCUT2D eigenvalue weighted by molar-refractivity contribution is 5.74. The highest BCUT2D eigenvalue weighted by Gasteiger charge is 2.24. The van der Waals surface area contributed by atoms with Crippen molar-refractivity contribution in [2.45, 2.75) is 32.5 Å². The molecule has 0 spiro atoms. The summed E-state index contributed by atoms with van der Waals surface area (Å²) in [7, 11) is 0. The predicted octanol–water partition coefficient (Wildman–Crippen LogP) is 2.45. The van der Waals surface area contributed by atoms with Crippen LogP contribution in [0.1, 0.15) is 25.7 Å². The van der Waals surface area contributed by atoms with Crippen LogP contribution in [0.15, 0.2) is 34.9 Å². The van der Waals surface area contributed by atoms with Crippen LogP contribution in [0.25, 0.3) is 11.4 Å². The molecule has 24 heavy (non-hydrogen) atoms. The van der Waals surface area contributed by atoms with Gasteiger partial charge in [0.15, 0.2) is 0 Å². The second-order valence-electron chi connectivity index (χ2n) is 5.73. The lowest BCUT2D eigenvalue weighted by Crippen LogP contribution is -2.47. The second kappa shape index (κ2) is 7.92. The van der Waals surface area contributed by atoms with Gasteiger partial charge in [-0.25, -0.2) is 4.79 Å². The maximum atomic E-state index is 11.9. The van der Waals surface area contributed by atoms with Crippen LogP contribution in [-0.2, 0) is 11.3 Å². The molecule has 1 atom stereocenters. The molecule has 0 saturated carbocycles. The molecule has 0 aliphatic carbocycles. The van der Waals surface area contributed by atoms with Gasteiger partial charge in [0, 0.05) is 25.2 Å². The van der Waals surface area contributed by atoms with E-state index in [2.05, 4.69) is 15.5 Å². The Kier molecular flexibility index (Phi) is 5.43. The maximum Gasteiger partial charge on any atom is 0.317 e. The average Bonchev–Trinajstić information content (AvgIpc) is 3.10. The Balaban J connectivity index is 1.52. The van der Waals surface area contributed by atoms with Crippen molar-refractivity contribution in [3.8, 4) is 11.4 Å². The number of amides is 2. The van der Waals surface area contributed by atoms with E-state index in [1.165, 1.54) is 0 Å². The van der Waals surface area contributed by atoms with Gasteiger partial charge in [-0.1, -0.05) is 35.5 Å². The van der Waals surface area contributed by atoms with Crippen molar-refractivity contribution >= 4 is 6.03 Å². The van der Waals surface area contributed by atoms with Crippen molar-refractivity contribution in [3.05, 3.63) is 36.2 Å². The second-order valence-corrected chi connectivity index (χ2v) is 5.73. The summed E-state index contributed by atoms with van der Waals surface area (Å²) < 4.78 is 11.1. The molecule has 1 aromatic heterocycles. The minimum absolute atomic E-state index is 0.00608. The molecule has 2 amide bonds. The Morgan fingerprint density at radius 2 is 2.25 bits per heavy atom. The zero-order valence-electron chi connectivity index (χ0n) is 13.8. The number of ether oxygens (including phenoxy) is 1. The third-order valence-corrected chi connectivity index (χ3v) is 3.94. The first-order chi connectivity index (χ1) is 11.8. The summed E-state index contributed by atoms with van der Waals surface area (Å²) in [6.07, 6.45) is 1.85. The molecule has 1 aliphatic rings. The predicted molar refractivity (Wildman–Crippen MR) is 88.2 cm³/mol. The molecule has 1 unspecified atom stereocenters. The molecular weight excluding hydrogens is 308 g/mol. The number of urea groups is 1. The largest absolute Gasteiger partial charge is 0.367 e. The number of likely N-dealkylation sites (tertiary alicyclic amines) is 1. The van der Waals surface area contributed by atoms with Gasteiger partial charge in [-0.3, -0.25) is 0 Å². The fraction of sp³-hybridized carbons (Fsp3) is 0.471. The van der Waals surface area contributed by atoms with E-state index < -0.39 is 0 Å². The molecule has 2 aromatic rings. The highest BCUT2D eigenvalue weighted by atomic mass is 16.5. The Morgan fingerprint density at radius 1 is 1.42 bits per heavy atom. The topological polar surface area (TPSA) is 80.5 Å². The standard InChI is InChI=1S/C17H22N4O3/c1-2-18-17(22)21-10-6-9-14(11-21)23-12-15-19-16(20-24-15)13-7-4-3-5-8-13/h3-5,7-8,14H,2,6,9-12H2,1H3,(H,18,22). The zero-order chi connectivity index (χ0) is 16.8. The van der Waals surface area contributed by atoms with Crippen LogP contribution < -0.4 is 5.32 Å². The van der Waals surface area contributed by atoms with Gasteiger partial charge in [-0.05, 0) is 19.8 Å². The Bertz CT molecular complexity index is 659. The molecule has 0 bridgehead atoms. The van der Waals surface area contributed by atoms with Gasteiger partial charge in [0.25, 0.3) is 5.89 Å². The summed E-state index contributed by atoms with van der Waals surface area (Å²) in [6.45, 7) is 4.16. The fourth-order valence-corrected chi connectivity index (χ4v) is 2.73. The summed E-state index contributed by atoms with van der Waals surface area (Å²) in [4.78, 5) is 18.0. The molecule has 7 heteroatoms. The SMILES string of the molecule is CCNC(=O)N1CCCC(OCc2nc(-c3ccccc3)no2)C1. The number of benzene rings is 1. The first-order valence-corrected chi connectivity index (χ1v) is 8.28. The van der Waals surface area contributed by atoms with Crippen LogP contribution in [0.2, 0.25) is 0 Å². The molecule has 3 rings (SSSR count). The van der Waals surface area contributed by atoms with Gasteiger partial charge in [-0.2, -0.15) is 4.98 Å². The van der Waals surface area contributed by atoms with Gasteiger partial charge in [0.05, 0.1) is 6.10 Å². The van der Waals surface area contributed by atoms with E-state index in [0.717, 1.165) is 24.9 Å². The number of nitrogens with zero attached hydrogens (tertiary/aromatic N) is 3. The molecule has 128 valence electrons. The lowest BCUT2D eigenvalue weighted by Gasteiger charge is -2.32. The van der Waals surface area contributed by atoms with Crippen LogP contribution in [0.4, 0.5) is 4.79 Å². The Labute approximate surface area is 141 Å². The van der Waals surface area contributed by atoms with Crippen molar-refractivity contribution in [2.75, 3.05) is 19.6 Å². The average molecular weight is 330 g/mol. The molecule has 1 aliphatic heterocycles. The number of hydrogen-bond donors (Lipinski definition) is 1. The summed E-state index contributed by atoms with van der Waals surface area (Å²) >= 11 is 0. The van der Waals surface area contributed by atoms with Crippen LogP contribution in [0, 0.1) is 0 Å². The van der Waals surface area contributed by atoms with E-state index in [9.17, 15) is 4.79 Å². The van der Waals surface area contributed by atoms with Crippen molar-refractivity contribution in [1.29, 1.82) is 0 Å². The lowest BCUT2D eigenvalue weighted by molar-refractivity contribution is -0.0103. The smallest absolute Gasteiger partial charge is 0.317 e. The van der Waals surface area contributed by atoms with Crippen LogP contribution >= 0.6 is 0 Å². The van der Waals surface area contributed by atoms with Crippen LogP contribution in [0.3, 0.4) is 0 Å². The Morgan fingerprint density at radius 3 is 3.04 bits per heavy atom. The minimum atomic E-state index is -0.0324. The number of carbonyl (C=O) groups is 1. The third-order valence-electron chi connectivity index (χ3n) is 3.94.